The number of ether oxygens (including phenoxy) is 1. The maximum absolute atomic E-state index is 13.1. The van der Waals surface area contributed by atoms with Crippen molar-refractivity contribution in [1.82, 2.24) is 13.9 Å². The second kappa shape index (κ2) is 7.85. The molecule has 0 bridgehead atoms. The van der Waals surface area contributed by atoms with Crippen LogP contribution in [0.4, 0.5) is 5.69 Å². The summed E-state index contributed by atoms with van der Waals surface area (Å²) in [5.41, 5.74) is 2.33. The topological polar surface area (TPSA) is 70.5 Å². The van der Waals surface area contributed by atoms with Crippen LogP contribution in [0.5, 0.6) is 0 Å². The molecule has 2 heterocycles. The predicted octanol–water partition coefficient (Wildman–Crippen LogP) is 2.86. The number of methoxy groups -OCH3 is 1. The van der Waals surface area contributed by atoms with E-state index in [-0.39, 0.29) is 5.56 Å². The highest BCUT2D eigenvalue weighted by atomic mass is 32.1. The van der Waals surface area contributed by atoms with Crippen LogP contribution in [0.3, 0.4) is 0 Å². The number of carbonyl (C=O) groups excluding carboxylic acids is 1. The lowest BCUT2D eigenvalue weighted by Crippen LogP contribution is -2.20. The SMILES string of the molecule is C=CCn1c(C)c(C(=O)OC)sc1=Nc1c(C)n(C)n(-c2ccccc2)c1=O. The van der Waals surface area contributed by atoms with Crippen LogP contribution in [0.1, 0.15) is 21.1 Å². The molecule has 3 aromatic rings. The van der Waals surface area contributed by atoms with Gasteiger partial charge < -0.3 is 9.30 Å². The minimum Gasteiger partial charge on any atom is -0.465 e. The molecule has 146 valence electrons. The molecule has 28 heavy (non-hydrogen) atoms. The second-order valence-electron chi connectivity index (χ2n) is 6.21. The first-order valence-electron chi connectivity index (χ1n) is 8.68. The Balaban J connectivity index is 2.27. The number of aromatic nitrogens is 3. The van der Waals surface area contributed by atoms with Gasteiger partial charge in [0.15, 0.2) is 10.5 Å². The number of nitrogens with zero attached hydrogens (tertiary/aromatic N) is 4. The molecule has 0 unspecified atom stereocenters. The second-order valence-corrected chi connectivity index (χ2v) is 7.19. The van der Waals surface area contributed by atoms with Crippen molar-refractivity contribution in [3.8, 4) is 5.69 Å². The minimum atomic E-state index is -0.423. The Bertz CT molecular complexity index is 1160. The van der Waals surface area contributed by atoms with Crippen LogP contribution < -0.4 is 10.4 Å². The number of hydrogen-bond donors (Lipinski definition) is 0. The van der Waals surface area contributed by atoms with Crippen LogP contribution in [-0.2, 0) is 18.3 Å². The highest BCUT2D eigenvalue weighted by Gasteiger charge is 2.19. The molecular formula is C20H22N4O3S. The zero-order valence-corrected chi connectivity index (χ0v) is 17.1. The zero-order valence-electron chi connectivity index (χ0n) is 16.3. The Kier molecular flexibility index (Phi) is 5.51. The van der Waals surface area contributed by atoms with Gasteiger partial charge in [-0.2, -0.15) is 0 Å². The van der Waals surface area contributed by atoms with Crippen LogP contribution in [-0.4, -0.2) is 27.0 Å². The van der Waals surface area contributed by atoms with Crippen LogP contribution in [0, 0.1) is 13.8 Å². The summed E-state index contributed by atoms with van der Waals surface area (Å²) in [7, 11) is 3.16. The van der Waals surface area contributed by atoms with Crippen molar-refractivity contribution in [1.29, 1.82) is 0 Å². The summed E-state index contributed by atoms with van der Waals surface area (Å²) in [4.78, 5) is 30.8. The van der Waals surface area contributed by atoms with E-state index < -0.39 is 5.97 Å². The lowest BCUT2D eigenvalue weighted by molar-refractivity contribution is 0.0605. The van der Waals surface area contributed by atoms with Crippen LogP contribution in [0.25, 0.3) is 5.69 Å². The molecule has 0 aliphatic heterocycles. The molecule has 7 nitrogen and oxygen atoms in total. The highest BCUT2D eigenvalue weighted by Crippen LogP contribution is 2.18. The summed E-state index contributed by atoms with van der Waals surface area (Å²) in [6.45, 7) is 7.91. The molecule has 0 fully saturated rings. The van der Waals surface area contributed by atoms with Gasteiger partial charge in [-0.3, -0.25) is 9.48 Å². The molecule has 0 saturated heterocycles. The average Bonchev–Trinajstić information content (AvgIpc) is 3.11. The van der Waals surface area contributed by atoms with Crippen molar-refractivity contribution in [3.63, 3.8) is 0 Å². The lowest BCUT2D eigenvalue weighted by atomic mass is 10.3. The van der Waals surface area contributed by atoms with E-state index in [0.717, 1.165) is 17.1 Å². The van der Waals surface area contributed by atoms with E-state index in [9.17, 15) is 9.59 Å². The molecule has 0 saturated carbocycles. The Labute approximate surface area is 166 Å². The number of allylic oxidation sites excluding steroid dienone is 1. The van der Waals surface area contributed by atoms with Gasteiger partial charge in [-0.1, -0.05) is 35.6 Å². The standard InChI is InChI=1S/C20H22N4O3S/c1-6-12-23-14(3)17(19(26)27-5)28-20(23)21-16-13(2)22(4)24(18(16)25)15-10-8-7-9-11-15/h6-11H,1,12H2,2-5H3. The molecule has 0 aliphatic carbocycles. The number of carbonyl (C=O) groups is 1. The molecule has 0 N–H and O–H groups in total. The fraction of sp³-hybridized carbons (Fsp3) is 0.250. The van der Waals surface area contributed by atoms with E-state index in [2.05, 4.69) is 11.6 Å². The summed E-state index contributed by atoms with van der Waals surface area (Å²) < 4.78 is 10.1. The van der Waals surface area contributed by atoms with Gasteiger partial charge in [0.2, 0.25) is 0 Å². The lowest BCUT2D eigenvalue weighted by Gasteiger charge is -2.07. The third kappa shape index (κ3) is 3.27. The van der Waals surface area contributed by atoms with Gasteiger partial charge >= 0.3 is 5.97 Å². The minimum absolute atomic E-state index is 0.220. The van der Waals surface area contributed by atoms with Crippen LogP contribution in [0.15, 0.2) is 52.8 Å². The smallest absolute Gasteiger partial charge is 0.349 e. The largest absolute Gasteiger partial charge is 0.465 e. The fourth-order valence-corrected chi connectivity index (χ4v) is 4.04. The predicted molar refractivity (Wildman–Crippen MR) is 110 cm³/mol. The summed E-state index contributed by atoms with van der Waals surface area (Å²) >= 11 is 1.20. The summed E-state index contributed by atoms with van der Waals surface area (Å²) in [5, 5.41) is 0. The molecule has 2 aromatic heterocycles. The van der Waals surface area contributed by atoms with Crippen LogP contribution in [0.2, 0.25) is 0 Å². The molecule has 1 aromatic carbocycles. The molecular weight excluding hydrogens is 376 g/mol. The third-order valence-corrected chi connectivity index (χ3v) is 5.73. The third-order valence-electron chi connectivity index (χ3n) is 4.57. The van der Waals surface area contributed by atoms with Crippen molar-refractivity contribution in [2.75, 3.05) is 7.11 Å². The highest BCUT2D eigenvalue weighted by molar-refractivity contribution is 7.11. The van der Waals surface area contributed by atoms with E-state index in [1.165, 1.54) is 18.4 Å². The zero-order chi connectivity index (χ0) is 20.4. The van der Waals surface area contributed by atoms with Crippen molar-refractivity contribution < 1.29 is 9.53 Å². The van der Waals surface area contributed by atoms with Crippen molar-refractivity contribution in [2.24, 2.45) is 12.0 Å². The first-order chi connectivity index (χ1) is 13.4. The van der Waals surface area contributed by atoms with Gasteiger partial charge in [0.1, 0.15) is 4.88 Å². The average molecular weight is 398 g/mol. The number of thiazole rings is 1. The molecule has 0 amide bonds. The van der Waals surface area contributed by atoms with Crippen molar-refractivity contribution in [3.05, 3.63) is 74.4 Å². The molecule has 0 radical (unpaired) electrons. The molecule has 3 rings (SSSR count). The summed E-state index contributed by atoms with van der Waals surface area (Å²) in [6.07, 6.45) is 1.72. The number of esters is 1. The molecule has 8 heteroatoms. The maximum atomic E-state index is 13.1. The van der Waals surface area contributed by atoms with E-state index in [4.69, 9.17) is 4.74 Å². The van der Waals surface area contributed by atoms with Crippen molar-refractivity contribution in [2.45, 2.75) is 20.4 Å². The first-order valence-corrected chi connectivity index (χ1v) is 9.50. The number of rotatable bonds is 5. The Morgan fingerprint density at radius 2 is 1.93 bits per heavy atom. The molecule has 0 spiro atoms. The summed E-state index contributed by atoms with van der Waals surface area (Å²) in [5.74, 6) is -0.423. The number of benzene rings is 1. The molecule has 0 atom stereocenters. The van der Waals surface area contributed by atoms with Crippen molar-refractivity contribution >= 4 is 23.0 Å². The van der Waals surface area contributed by atoms with Crippen LogP contribution >= 0.6 is 11.3 Å². The monoisotopic (exact) mass is 398 g/mol. The Hall–Kier alpha value is -3.13. The van der Waals surface area contributed by atoms with E-state index in [0.29, 0.717) is 21.9 Å². The Morgan fingerprint density at radius 1 is 1.25 bits per heavy atom. The number of para-hydroxylation sites is 1. The normalized spacial score (nSPS) is 11.6. The van der Waals surface area contributed by atoms with Gasteiger partial charge in [0.05, 0.1) is 18.5 Å². The fourth-order valence-electron chi connectivity index (χ4n) is 2.97. The van der Waals surface area contributed by atoms with E-state index in [1.807, 2.05) is 55.8 Å². The van der Waals surface area contributed by atoms with Gasteiger partial charge in [0.25, 0.3) is 5.56 Å². The maximum Gasteiger partial charge on any atom is 0.349 e. The summed E-state index contributed by atoms with van der Waals surface area (Å²) in [6, 6.07) is 9.39. The van der Waals surface area contributed by atoms with Gasteiger partial charge in [-0.25, -0.2) is 14.5 Å². The Morgan fingerprint density at radius 3 is 2.54 bits per heavy atom. The van der Waals surface area contributed by atoms with Gasteiger partial charge in [-0.15, -0.1) is 6.58 Å². The molecule has 0 aliphatic rings. The van der Waals surface area contributed by atoms with Gasteiger partial charge in [-0.05, 0) is 26.0 Å². The number of hydrogen-bond acceptors (Lipinski definition) is 5. The van der Waals surface area contributed by atoms with E-state index in [1.54, 1.807) is 15.4 Å². The van der Waals surface area contributed by atoms with Gasteiger partial charge in [0, 0.05) is 19.3 Å². The van der Waals surface area contributed by atoms with E-state index >= 15 is 0 Å². The quantitative estimate of drug-likeness (QED) is 0.490. The first kappa shape index (κ1) is 19.6.